The second-order valence-corrected chi connectivity index (χ2v) is 5.50. The Kier molecular flexibility index (Phi) is 3.20. The maximum absolute atomic E-state index is 4.49. The molecule has 0 aromatic carbocycles. The molecule has 3 rings (SSSR count). The summed E-state index contributed by atoms with van der Waals surface area (Å²) in [7, 11) is 0. The Hall–Kier alpha value is -1.16. The van der Waals surface area contributed by atoms with E-state index >= 15 is 0 Å². The summed E-state index contributed by atoms with van der Waals surface area (Å²) in [5, 5.41) is 3.58. The third kappa shape index (κ3) is 2.64. The lowest BCUT2D eigenvalue weighted by atomic mass is 10.2. The number of anilines is 1. The van der Waals surface area contributed by atoms with E-state index in [9.17, 15) is 0 Å². The quantitative estimate of drug-likeness (QED) is 0.882. The van der Waals surface area contributed by atoms with Gasteiger partial charge >= 0.3 is 0 Å². The molecule has 1 aromatic rings. The Bertz CT molecular complexity index is 428. The zero-order valence-corrected chi connectivity index (χ0v) is 11.3. The van der Waals surface area contributed by atoms with Crippen LogP contribution in [0.3, 0.4) is 0 Å². The van der Waals surface area contributed by atoms with Crippen LogP contribution in [-0.4, -0.2) is 40.0 Å². The largest absolute Gasteiger partial charge is 0.366 e. The molecule has 2 aliphatic rings. The lowest BCUT2D eigenvalue weighted by Crippen LogP contribution is -2.28. The monoisotopic (exact) mass is 246 g/mol. The summed E-state index contributed by atoms with van der Waals surface area (Å²) in [5.74, 6) is 1.87. The van der Waals surface area contributed by atoms with Gasteiger partial charge < -0.3 is 5.32 Å². The summed E-state index contributed by atoms with van der Waals surface area (Å²) in [6.07, 6.45) is 5.01. The van der Waals surface area contributed by atoms with Crippen molar-refractivity contribution >= 4 is 5.82 Å². The lowest BCUT2D eigenvalue weighted by molar-refractivity contribution is 0.326. The fourth-order valence-corrected chi connectivity index (χ4v) is 2.77. The molecule has 0 radical (unpaired) electrons. The van der Waals surface area contributed by atoms with Crippen molar-refractivity contribution in [2.75, 3.05) is 18.4 Å². The second-order valence-electron chi connectivity index (χ2n) is 5.50. The normalized spacial score (nSPS) is 24.4. The van der Waals surface area contributed by atoms with E-state index in [1.807, 2.05) is 6.92 Å². The molecular formula is C14H22N4. The van der Waals surface area contributed by atoms with Gasteiger partial charge in [-0.2, -0.15) is 0 Å². The Morgan fingerprint density at radius 2 is 2.17 bits per heavy atom. The van der Waals surface area contributed by atoms with Crippen molar-refractivity contribution in [3.05, 3.63) is 17.6 Å². The van der Waals surface area contributed by atoms with Gasteiger partial charge in [-0.3, -0.25) is 4.90 Å². The van der Waals surface area contributed by atoms with Crippen molar-refractivity contribution in [2.24, 2.45) is 0 Å². The number of aromatic nitrogens is 2. The molecular weight excluding hydrogens is 224 g/mol. The van der Waals surface area contributed by atoms with Gasteiger partial charge in [0.15, 0.2) is 0 Å². The molecule has 4 heteroatoms. The Balaban J connectivity index is 1.63. The molecule has 2 heterocycles. The van der Waals surface area contributed by atoms with Gasteiger partial charge in [-0.05, 0) is 32.6 Å². The first-order valence-electron chi connectivity index (χ1n) is 7.09. The number of aryl methyl sites for hydroxylation is 2. The first kappa shape index (κ1) is 11.9. The molecule has 0 bridgehead atoms. The minimum Gasteiger partial charge on any atom is -0.366 e. The van der Waals surface area contributed by atoms with Crippen LogP contribution >= 0.6 is 0 Å². The van der Waals surface area contributed by atoms with Gasteiger partial charge in [0.2, 0.25) is 0 Å². The van der Waals surface area contributed by atoms with E-state index in [0.29, 0.717) is 6.04 Å². The molecule has 1 aliphatic heterocycles. The average molecular weight is 246 g/mol. The average Bonchev–Trinajstić information content (AvgIpc) is 3.10. The lowest BCUT2D eigenvalue weighted by Gasteiger charge is -2.16. The summed E-state index contributed by atoms with van der Waals surface area (Å²) in [6, 6.07) is 3.53. The molecule has 1 unspecified atom stereocenters. The van der Waals surface area contributed by atoms with E-state index in [4.69, 9.17) is 0 Å². The smallest absolute Gasteiger partial charge is 0.130 e. The highest BCUT2D eigenvalue weighted by molar-refractivity contribution is 5.37. The molecule has 1 aliphatic carbocycles. The fraction of sp³-hybridized carbons (Fsp3) is 0.714. The summed E-state index contributed by atoms with van der Waals surface area (Å²) in [6.45, 7) is 6.52. The highest BCUT2D eigenvalue weighted by Crippen LogP contribution is 2.30. The minimum absolute atomic E-state index is 0.560. The highest BCUT2D eigenvalue weighted by Gasteiger charge is 2.34. The van der Waals surface area contributed by atoms with Crippen LogP contribution in [0.25, 0.3) is 0 Å². The summed E-state index contributed by atoms with van der Waals surface area (Å²) in [4.78, 5) is 11.5. The van der Waals surface area contributed by atoms with Crippen LogP contribution in [0.5, 0.6) is 0 Å². The van der Waals surface area contributed by atoms with Crippen molar-refractivity contribution in [2.45, 2.75) is 51.6 Å². The molecule has 1 N–H and O–H groups in total. The topological polar surface area (TPSA) is 41.0 Å². The number of hydrogen-bond donors (Lipinski definition) is 1. The zero-order chi connectivity index (χ0) is 12.5. The maximum Gasteiger partial charge on any atom is 0.130 e. The van der Waals surface area contributed by atoms with Crippen LogP contribution in [0.15, 0.2) is 6.07 Å². The minimum atomic E-state index is 0.560. The van der Waals surface area contributed by atoms with Crippen LogP contribution in [0.1, 0.15) is 37.7 Å². The Morgan fingerprint density at radius 3 is 2.89 bits per heavy atom. The number of hydrogen-bond acceptors (Lipinski definition) is 4. The maximum atomic E-state index is 4.49. The molecule has 1 aromatic heterocycles. The summed E-state index contributed by atoms with van der Waals surface area (Å²) < 4.78 is 0. The fourth-order valence-electron chi connectivity index (χ4n) is 2.77. The third-order valence-corrected chi connectivity index (χ3v) is 3.89. The van der Waals surface area contributed by atoms with Crippen molar-refractivity contribution in [1.82, 2.24) is 14.9 Å². The van der Waals surface area contributed by atoms with E-state index in [1.165, 1.54) is 32.4 Å². The van der Waals surface area contributed by atoms with Crippen LogP contribution in [0.2, 0.25) is 0 Å². The molecule has 0 amide bonds. The van der Waals surface area contributed by atoms with Crippen molar-refractivity contribution in [3.8, 4) is 0 Å². The second kappa shape index (κ2) is 4.84. The van der Waals surface area contributed by atoms with Gasteiger partial charge in [0.25, 0.3) is 0 Å². The molecule has 18 heavy (non-hydrogen) atoms. The molecule has 1 saturated heterocycles. The highest BCUT2D eigenvalue weighted by atomic mass is 15.2. The third-order valence-electron chi connectivity index (χ3n) is 3.89. The summed E-state index contributed by atoms with van der Waals surface area (Å²) >= 11 is 0. The van der Waals surface area contributed by atoms with Gasteiger partial charge in [0.1, 0.15) is 11.6 Å². The molecule has 2 fully saturated rings. The van der Waals surface area contributed by atoms with Gasteiger partial charge in [0, 0.05) is 36.9 Å². The standard InChI is InChI=1S/C14H22N4/c1-3-11-8-14(16-10(2)15-11)17-12-6-7-18(9-12)13-4-5-13/h8,12-13H,3-7,9H2,1-2H3,(H,15,16,17). The number of rotatable bonds is 4. The van der Waals surface area contributed by atoms with E-state index in [1.54, 1.807) is 0 Å². The van der Waals surface area contributed by atoms with Crippen molar-refractivity contribution in [3.63, 3.8) is 0 Å². The zero-order valence-electron chi connectivity index (χ0n) is 11.3. The van der Waals surface area contributed by atoms with E-state index in [2.05, 4.69) is 33.2 Å². The number of likely N-dealkylation sites (tertiary alicyclic amines) is 1. The molecule has 0 spiro atoms. The number of nitrogens with zero attached hydrogens (tertiary/aromatic N) is 3. The van der Waals surface area contributed by atoms with Crippen LogP contribution in [0, 0.1) is 6.92 Å². The Labute approximate surface area is 109 Å². The van der Waals surface area contributed by atoms with Crippen molar-refractivity contribution in [1.29, 1.82) is 0 Å². The molecule has 98 valence electrons. The SMILES string of the molecule is CCc1cc(NC2CCN(C3CC3)C2)nc(C)n1. The van der Waals surface area contributed by atoms with E-state index in [-0.39, 0.29) is 0 Å². The Morgan fingerprint density at radius 1 is 1.33 bits per heavy atom. The first-order chi connectivity index (χ1) is 8.74. The van der Waals surface area contributed by atoms with E-state index < -0.39 is 0 Å². The molecule has 1 saturated carbocycles. The van der Waals surface area contributed by atoms with Crippen LogP contribution in [0.4, 0.5) is 5.82 Å². The van der Waals surface area contributed by atoms with Gasteiger partial charge in [-0.25, -0.2) is 9.97 Å². The van der Waals surface area contributed by atoms with Gasteiger partial charge in [-0.15, -0.1) is 0 Å². The predicted octanol–water partition coefficient (Wildman–Crippen LogP) is 2.00. The summed E-state index contributed by atoms with van der Waals surface area (Å²) in [5.41, 5.74) is 1.13. The van der Waals surface area contributed by atoms with Crippen molar-refractivity contribution < 1.29 is 0 Å². The first-order valence-corrected chi connectivity index (χ1v) is 7.09. The molecule has 4 nitrogen and oxygen atoms in total. The predicted molar refractivity (Wildman–Crippen MR) is 72.8 cm³/mol. The van der Waals surface area contributed by atoms with Crippen LogP contribution < -0.4 is 5.32 Å². The number of nitrogens with one attached hydrogen (secondary N) is 1. The van der Waals surface area contributed by atoms with Gasteiger partial charge in [0.05, 0.1) is 0 Å². The van der Waals surface area contributed by atoms with Crippen LogP contribution in [-0.2, 0) is 6.42 Å². The van der Waals surface area contributed by atoms with Gasteiger partial charge in [-0.1, -0.05) is 6.92 Å². The van der Waals surface area contributed by atoms with E-state index in [0.717, 1.165) is 29.8 Å². The molecule has 1 atom stereocenters.